The molecule has 0 aromatic carbocycles. The predicted molar refractivity (Wildman–Crippen MR) is 230 cm³/mol. The minimum Gasteiger partial charge on any atom is -0.462 e. The third-order valence-corrected chi connectivity index (χ3v) is 9.94. The number of carbonyl (C=O) groups is 2. The van der Waals surface area contributed by atoms with Gasteiger partial charge in [0.25, 0.3) is 0 Å². The van der Waals surface area contributed by atoms with Crippen LogP contribution < -0.4 is 5.73 Å². The highest BCUT2D eigenvalue weighted by Gasteiger charge is 2.25. The Kier molecular flexibility index (Phi) is 39.2. The fraction of sp³-hybridized carbons (Fsp3) is 0.733. The van der Waals surface area contributed by atoms with Crippen LogP contribution in [0.3, 0.4) is 0 Å². The highest BCUT2D eigenvalue weighted by atomic mass is 31.2. The number of hydrogen-bond acceptors (Lipinski definition) is 9. The number of allylic oxidation sites excluding steroid dienone is 8. The van der Waals surface area contributed by atoms with E-state index in [1.807, 2.05) is 36.5 Å². The van der Waals surface area contributed by atoms with E-state index >= 15 is 0 Å². The Morgan fingerprint density at radius 3 is 1.82 bits per heavy atom. The topological polar surface area (TPSA) is 155 Å². The lowest BCUT2D eigenvalue weighted by atomic mass is 10.1. The molecule has 0 spiro atoms. The van der Waals surface area contributed by atoms with Crippen LogP contribution in [-0.2, 0) is 32.7 Å². The molecule has 1 unspecified atom stereocenters. The Bertz CT molecular complexity index is 1120. The van der Waals surface area contributed by atoms with Crippen LogP contribution in [0.4, 0.5) is 0 Å². The third-order valence-electron chi connectivity index (χ3n) is 8.96. The minimum absolute atomic E-state index is 0.0320. The minimum atomic E-state index is -4.41. The van der Waals surface area contributed by atoms with Gasteiger partial charge >= 0.3 is 19.8 Å². The van der Waals surface area contributed by atoms with Gasteiger partial charge < -0.3 is 25.2 Å². The van der Waals surface area contributed by atoms with E-state index in [9.17, 15) is 24.2 Å². The van der Waals surface area contributed by atoms with Gasteiger partial charge in [0.1, 0.15) is 6.61 Å². The molecule has 0 aliphatic carbocycles. The van der Waals surface area contributed by atoms with Crippen LogP contribution in [-0.4, -0.2) is 60.5 Å². The van der Waals surface area contributed by atoms with Crippen molar-refractivity contribution in [2.75, 3.05) is 26.4 Å². The van der Waals surface area contributed by atoms with Gasteiger partial charge in [-0.05, 0) is 70.6 Å². The van der Waals surface area contributed by atoms with Crippen molar-refractivity contribution in [3.63, 3.8) is 0 Å². The van der Waals surface area contributed by atoms with Gasteiger partial charge in [-0.2, -0.15) is 0 Å². The summed E-state index contributed by atoms with van der Waals surface area (Å²) < 4.78 is 32.7. The van der Waals surface area contributed by atoms with Crippen LogP contribution >= 0.6 is 7.82 Å². The summed E-state index contributed by atoms with van der Waals surface area (Å²) >= 11 is 0. The second-order valence-electron chi connectivity index (χ2n) is 14.4. The predicted octanol–water partition coefficient (Wildman–Crippen LogP) is 11.5. The number of unbranched alkanes of at least 4 members (excludes halogenated alkanes) is 17. The van der Waals surface area contributed by atoms with Gasteiger partial charge in [0, 0.05) is 19.4 Å². The molecule has 0 aliphatic rings. The van der Waals surface area contributed by atoms with Crippen molar-refractivity contribution in [3.8, 4) is 0 Å². The first kappa shape index (κ1) is 53.7. The average molecular weight is 810 g/mol. The number of rotatable bonds is 40. The second-order valence-corrected chi connectivity index (χ2v) is 15.9. The Hall–Kier alpha value is -2.33. The van der Waals surface area contributed by atoms with Crippen molar-refractivity contribution >= 4 is 19.8 Å². The summed E-state index contributed by atoms with van der Waals surface area (Å²) in [6.07, 6.45) is 44.2. The molecule has 4 N–H and O–H groups in total. The van der Waals surface area contributed by atoms with Gasteiger partial charge in [0.05, 0.1) is 19.3 Å². The molecule has 0 amide bonds. The van der Waals surface area contributed by atoms with Crippen molar-refractivity contribution in [1.82, 2.24) is 0 Å². The molecule has 0 saturated heterocycles. The lowest BCUT2D eigenvalue weighted by Crippen LogP contribution is -2.29. The molecule has 0 aromatic rings. The number of aliphatic hydroxyl groups is 1. The summed E-state index contributed by atoms with van der Waals surface area (Å²) in [7, 11) is -4.41. The zero-order valence-corrected chi connectivity index (χ0v) is 36.1. The third kappa shape index (κ3) is 39.9. The number of carbonyl (C=O) groups excluding carboxylic acids is 2. The van der Waals surface area contributed by atoms with Crippen LogP contribution in [0.2, 0.25) is 0 Å². The van der Waals surface area contributed by atoms with E-state index < -0.39 is 38.6 Å². The highest BCUT2D eigenvalue weighted by molar-refractivity contribution is 7.47. The van der Waals surface area contributed by atoms with E-state index in [4.69, 9.17) is 24.3 Å². The SMILES string of the molecule is CCCCC/C=C\C[C@H](O)/C=C/C=C\C/C=C\CCCC(=O)O[C@H](COC(=O)CCCCCCCCC/C=C\CCCCCCCC)COP(=O)(O)OCCN. The van der Waals surface area contributed by atoms with Crippen LogP contribution in [0.5, 0.6) is 0 Å². The van der Waals surface area contributed by atoms with Gasteiger partial charge in [-0.15, -0.1) is 0 Å². The van der Waals surface area contributed by atoms with Gasteiger partial charge in [0.15, 0.2) is 6.10 Å². The Balaban J connectivity index is 4.32. The van der Waals surface area contributed by atoms with Gasteiger partial charge in [-0.3, -0.25) is 18.6 Å². The van der Waals surface area contributed by atoms with E-state index in [0.29, 0.717) is 25.7 Å². The van der Waals surface area contributed by atoms with Crippen LogP contribution in [0.25, 0.3) is 0 Å². The Morgan fingerprint density at radius 2 is 1.16 bits per heavy atom. The highest BCUT2D eigenvalue weighted by Crippen LogP contribution is 2.43. The van der Waals surface area contributed by atoms with E-state index in [1.54, 1.807) is 6.08 Å². The number of nitrogens with two attached hydrogens (primary N) is 1. The van der Waals surface area contributed by atoms with Crippen LogP contribution in [0.1, 0.15) is 174 Å². The van der Waals surface area contributed by atoms with Crippen LogP contribution in [0.15, 0.2) is 60.8 Å². The maximum absolute atomic E-state index is 12.6. The monoisotopic (exact) mass is 810 g/mol. The quantitative estimate of drug-likeness (QED) is 0.0179. The standard InChI is InChI=1S/C45H80NO9P/c1-3-5-7-9-11-12-13-14-15-16-17-18-19-20-24-28-32-36-44(48)52-40-43(41-54-56(50,51)53-39-38-46)55-45(49)37-33-29-25-22-21-23-27-31-35-42(47)34-30-26-10-8-6-4-2/h14-15,22-23,25-27,30-31,35,42-43,47H,3-13,16-21,24,28-29,32-34,36-41,46H2,1-2H3,(H,50,51)/b15-14-,25-22-,27-23-,30-26-,35-31+/t42-,43+/m0/s1. The molecule has 56 heavy (non-hydrogen) atoms. The van der Waals surface area contributed by atoms with Crippen LogP contribution in [0, 0.1) is 0 Å². The first-order valence-corrected chi connectivity index (χ1v) is 23.4. The second kappa shape index (κ2) is 40.9. The number of phosphoric ester groups is 1. The molecule has 0 radical (unpaired) electrons. The lowest BCUT2D eigenvalue weighted by molar-refractivity contribution is -0.161. The molecule has 0 aliphatic heterocycles. The van der Waals surface area contributed by atoms with E-state index in [-0.39, 0.29) is 32.6 Å². The number of ether oxygens (including phenoxy) is 2. The summed E-state index contributed by atoms with van der Waals surface area (Å²) in [6.45, 7) is 3.53. The van der Waals surface area contributed by atoms with Crippen molar-refractivity contribution in [3.05, 3.63) is 60.8 Å². The van der Waals surface area contributed by atoms with E-state index in [0.717, 1.165) is 38.5 Å². The van der Waals surface area contributed by atoms with Crippen molar-refractivity contribution < 1.29 is 42.7 Å². The summed E-state index contributed by atoms with van der Waals surface area (Å²) in [5, 5.41) is 10.0. The normalized spacial score (nSPS) is 14.4. The largest absolute Gasteiger partial charge is 0.472 e. The summed E-state index contributed by atoms with van der Waals surface area (Å²) in [6, 6.07) is 0. The lowest BCUT2D eigenvalue weighted by Gasteiger charge is -2.19. The molecule has 0 heterocycles. The summed E-state index contributed by atoms with van der Waals surface area (Å²) in [5.41, 5.74) is 5.34. The average Bonchev–Trinajstić information content (AvgIpc) is 3.18. The maximum atomic E-state index is 12.6. The molecule has 0 saturated carbocycles. The molecule has 3 atom stereocenters. The van der Waals surface area contributed by atoms with Crippen molar-refractivity contribution in [1.29, 1.82) is 0 Å². The number of hydrogen-bond donors (Lipinski definition) is 3. The fourth-order valence-electron chi connectivity index (χ4n) is 5.65. The summed E-state index contributed by atoms with van der Waals surface area (Å²) in [5.74, 6) is -0.941. The van der Waals surface area contributed by atoms with Crippen molar-refractivity contribution in [2.45, 2.75) is 187 Å². The fourth-order valence-corrected chi connectivity index (χ4v) is 6.41. The molecule has 0 aromatic heterocycles. The zero-order chi connectivity index (χ0) is 41.2. The maximum Gasteiger partial charge on any atom is 0.472 e. The smallest absolute Gasteiger partial charge is 0.462 e. The first-order chi connectivity index (χ1) is 27.2. The molecular formula is C45H80NO9P. The molecular weight excluding hydrogens is 729 g/mol. The molecule has 0 bridgehead atoms. The number of esters is 2. The zero-order valence-electron chi connectivity index (χ0n) is 35.2. The molecule has 324 valence electrons. The van der Waals surface area contributed by atoms with E-state index in [1.165, 1.54) is 83.5 Å². The molecule has 0 rings (SSSR count). The molecule has 0 fully saturated rings. The van der Waals surface area contributed by atoms with E-state index in [2.05, 4.69) is 32.1 Å². The van der Waals surface area contributed by atoms with Crippen molar-refractivity contribution in [2.24, 2.45) is 5.73 Å². The first-order valence-electron chi connectivity index (χ1n) is 21.9. The Morgan fingerprint density at radius 1 is 0.625 bits per heavy atom. The molecule has 11 heteroatoms. The number of aliphatic hydroxyl groups excluding tert-OH is 1. The summed E-state index contributed by atoms with van der Waals surface area (Å²) in [4.78, 5) is 34.8. The van der Waals surface area contributed by atoms with Gasteiger partial charge in [0.2, 0.25) is 0 Å². The van der Waals surface area contributed by atoms with Gasteiger partial charge in [-0.25, -0.2) is 4.57 Å². The van der Waals surface area contributed by atoms with Gasteiger partial charge in [-0.1, -0.05) is 152 Å². The number of phosphoric acid groups is 1. The molecule has 10 nitrogen and oxygen atoms in total. The Labute approximate surface area is 341 Å².